The molecule has 14 heteroatoms. The number of carbonyl (C=O) groups is 1. The Morgan fingerprint density at radius 3 is 2.53 bits per heavy atom. The number of pyridine rings is 1. The highest BCUT2D eigenvalue weighted by molar-refractivity contribution is 7.16. The molecule has 1 amide bonds. The molecule has 2 saturated heterocycles. The largest absolute Gasteiger partial charge is 0.389 e. The Balaban J connectivity index is 1.30. The van der Waals surface area contributed by atoms with Crippen LogP contribution in [0, 0.1) is 23.0 Å². The van der Waals surface area contributed by atoms with E-state index in [0.29, 0.717) is 78.2 Å². The van der Waals surface area contributed by atoms with E-state index < -0.39 is 6.10 Å². The minimum atomic E-state index is -0.427. The first-order valence-electron chi connectivity index (χ1n) is 14.2. The van der Waals surface area contributed by atoms with Gasteiger partial charge in [-0.2, -0.15) is 10.4 Å². The zero-order valence-electron chi connectivity index (χ0n) is 24.2. The van der Waals surface area contributed by atoms with Gasteiger partial charge in [0.2, 0.25) is 5.91 Å². The molecule has 1 N–H and O–H groups in total. The molecule has 5 heterocycles. The smallest absolute Gasteiger partial charge is 0.236 e. The van der Waals surface area contributed by atoms with Crippen molar-refractivity contribution < 1.29 is 18.7 Å². The van der Waals surface area contributed by atoms with E-state index >= 15 is 4.39 Å². The predicted octanol–water partition coefficient (Wildman–Crippen LogP) is 1.52. The summed E-state index contributed by atoms with van der Waals surface area (Å²) in [6.45, 7) is 5.38. The molecule has 6 rings (SSSR count). The highest BCUT2D eigenvalue weighted by atomic mass is 32.1. The van der Waals surface area contributed by atoms with Gasteiger partial charge in [-0.15, -0.1) is 0 Å². The van der Waals surface area contributed by atoms with E-state index in [0.717, 1.165) is 16.9 Å². The van der Waals surface area contributed by atoms with E-state index in [4.69, 9.17) is 10.1 Å². The first kappa shape index (κ1) is 29.0. The normalized spacial score (nSPS) is 16.0. The fourth-order valence-electron chi connectivity index (χ4n) is 5.68. The van der Waals surface area contributed by atoms with E-state index in [1.807, 2.05) is 29.8 Å². The van der Waals surface area contributed by atoms with E-state index in [1.165, 1.54) is 23.5 Å². The number of β-amino-alcohol motifs (C(OH)–C–C–N with tert-alkyl or cyclic N) is 1. The van der Waals surface area contributed by atoms with Crippen LogP contribution in [0.25, 0.3) is 16.8 Å². The number of rotatable bonds is 7. The number of nitrogens with zero attached hydrogens (tertiary/aromatic N) is 8. The number of aromatic nitrogens is 3. The molecule has 2 fully saturated rings. The van der Waals surface area contributed by atoms with Crippen LogP contribution < -0.4 is 15.4 Å². The Kier molecular flexibility index (Phi) is 7.80. The summed E-state index contributed by atoms with van der Waals surface area (Å²) in [5, 5.41) is 24.6. The number of fused-ring (bicyclic) bond motifs is 1. The molecular formula is C29H31BF2N8O2S. The van der Waals surface area contributed by atoms with Gasteiger partial charge in [0.25, 0.3) is 0 Å². The quantitative estimate of drug-likeness (QED) is 0.317. The molecule has 10 nitrogen and oxygen atoms in total. The van der Waals surface area contributed by atoms with Crippen LogP contribution in [0.5, 0.6) is 0 Å². The molecule has 0 saturated carbocycles. The van der Waals surface area contributed by atoms with Crippen molar-refractivity contribution in [2.45, 2.75) is 19.4 Å². The standard InChI is InChI=1S/C29H31BF2N8O2S/c1-3-20-27(36(2)29-34-26(23(13-33)43-29)17-4-6-18(31)7-5-17)22-12-21(25(32)28(30)40(22)35-20)38-10-8-37(9-11-38)16-24(42)39-14-19(41)15-39/h4-7,12,19,41H,3,8-11,14-16,30H2,1-2H3. The van der Waals surface area contributed by atoms with Crippen LogP contribution in [0.3, 0.4) is 0 Å². The minimum absolute atomic E-state index is 0.00514. The number of nitriles is 1. The maximum Gasteiger partial charge on any atom is 0.236 e. The van der Waals surface area contributed by atoms with Crippen molar-refractivity contribution in [2.24, 2.45) is 0 Å². The molecule has 3 aromatic heterocycles. The zero-order valence-corrected chi connectivity index (χ0v) is 25.0. The summed E-state index contributed by atoms with van der Waals surface area (Å²) in [6, 6.07) is 9.92. The van der Waals surface area contributed by atoms with Crippen molar-refractivity contribution >= 4 is 52.7 Å². The average Bonchev–Trinajstić information content (AvgIpc) is 3.60. The lowest BCUT2D eigenvalue weighted by Crippen LogP contribution is -2.57. The summed E-state index contributed by atoms with van der Waals surface area (Å²) < 4.78 is 31.0. The highest BCUT2D eigenvalue weighted by Crippen LogP contribution is 2.39. The Morgan fingerprint density at radius 1 is 1.21 bits per heavy atom. The lowest BCUT2D eigenvalue weighted by atomic mass is 10.0. The number of benzene rings is 1. The molecule has 1 aromatic carbocycles. The molecule has 0 spiro atoms. The van der Waals surface area contributed by atoms with Gasteiger partial charge in [0.05, 0.1) is 35.2 Å². The van der Waals surface area contributed by atoms with Crippen molar-refractivity contribution in [3.05, 3.63) is 52.5 Å². The van der Waals surface area contributed by atoms with E-state index in [2.05, 4.69) is 11.0 Å². The van der Waals surface area contributed by atoms with Gasteiger partial charge in [-0.3, -0.25) is 9.69 Å². The monoisotopic (exact) mass is 604 g/mol. The lowest BCUT2D eigenvalue weighted by molar-refractivity contribution is -0.142. The number of halogens is 2. The summed E-state index contributed by atoms with van der Waals surface area (Å²) in [7, 11) is 3.57. The summed E-state index contributed by atoms with van der Waals surface area (Å²) in [5.41, 5.74) is 4.25. The number of carbonyl (C=O) groups excluding carboxylic acids is 1. The fourth-order valence-corrected chi connectivity index (χ4v) is 6.54. The number of aliphatic hydroxyl groups is 1. The highest BCUT2D eigenvalue weighted by Gasteiger charge is 2.31. The molecular weight excluding hydrogens is 573 g/mol. The number of aryl methyl sites for hydroxylation is 1. The van der Waals surface area contributed by atoms with Gasteiger partial charge in [-0.1, -0.05) is 18.3 Å². The lowest BCUT2D eigenvalue weighted by Gasteiger charge is -2.40. The zero-order chi connectivity index (χ0) is 30.4. The molecule has 0 radical (unpaired) electrons. The molecule has 2 aliphatic rings. The second-order valence-electron chi connectivity index (χ2n) is 10.9. The van der Waals surface area contributed by atoms with Gasteiger partial charge in [-0.25, -0.2) is 18.3 Å². The second kappa shape index (κ2) is 11.6. The fraction of sp³-hybridized carbons (Fsp3) is 0.379. The average molecular weight is 604 g/mol. The van der Waals surface area contributed by atoms with Crippen molar-refractivity contribution in [1.82, 2.24) is 24.4 Å². The third kappa shape index (κ3) is 5.33. The molecule has 43 heavy (non-hydrogen) atoms. The Labute approximate surface area is 252 Å². The molecule has 222 valence electrons. The predicted molar refractivity (Wildman–Crippen MR) is 164 cm³/mol. The summed E-state index contributed by atoms with van der Waals surface area (Å²) >= 11 is 1.23. The van der Waals surface area contributed by atoms with Crippen molar-refractivity contribution in [2.75, 3.05) is 62.7 Å². The summed E-state index contributed by atoms with van der Waals surface area (Å²) in [4.78, 5) is 25.2. The SMILES string of the molecule is Bc1c(F)c(N2CCN(CC(=O)N3CC(O)C3)CC2)cc2c(N(C)c3nc(-c4ccc(F)cc4)c(C#N)s3)c(CC)nn12. The first-order chi connectivity index (χ1) is 20.7. The van der Waals surface area contributed by atoms with Crippen molar-refractivity contribution in [3.63, 3.8) is 0 Å². The van der Waals surface area contributed by atoms with Crippen LogP contribution in [0.2, 0.25) is 0 Å². The van der Waals surface area contributed by atoms with Gasteiger partial charge in [0.1, 0.15) is 22.5 Å². The molecule has 0 unspecified atom stereocenters. The third-order valence-corrected chi connectivity index (χ3v) is 9.21. The van der Waals surface area contributed by atoms with Gasteiger partial charge < -0.3 is 19.8 Å². The molecule has 0 bridgehead atoms. The first-order valence-corrected chi connectivity index (χ1v) is 15.0. The molecule has 2 aliphatic heterocycles. The summed E-state index contributed by atoms with van der Waals surface area (Å²) in [6.07, 6.45) is 0.170. The maximum absolute atomic E-state index is 15.8. The van der Waals surface area contributed by atoms with Crippen molar-refractivity contribution in [1.29, 1.82) is 5.26 Å². The van der Waals surface area contributed by atoms with Gasteiger partial charge in [0.15, 0.2) is 18.8 Å². The maximum atomic E-state index is 15.8. The van der Waals surface area contributed by atoms with E-state index in [9.17, 15) is 19.6 Å². The topological polar surface area (TPSA) is 104 Å². The number of aliphatic hydroxyl groups excluding tert-OH is 1. The second-order valence-corrected chi connectivity index (χ2v) is 11.9. The Hall–Kier alpha value is -4.06. The van der Waals surface area contributed by atoms with Gasteiger partial charge in [-0.05, 0) is 36.8 Å². The van der Waals surface area contributed by atoms with Crippen LogP contribution in [-0.4, -0.2) is 102 Å². The van der Waals surface area contributed by atoms with Crippen LogP contribution >= 0.6 is 11.3 Å². The number of thiazole rings is 1. The number of likely N-dealkylation sites (tertiary alicyclic amines) is 1. The van der Waals surface area contributed by atoms with Crippen LogP contribution in [0.15, 0.2) is 30.3 Å². The third-order valence-electron chi connectivity index (χ3n) is 8.18. The Morgan fingerprint density at radius 2 is 1.91 bits per heavy atom. The number of amides is 1. The van der Waals surface area contributed by atoms with E-state index in [-0.39, 0.29) is 24.1 Å². The summed E-state index contributed by atoms with van der Waals surface area (Å²) in [5.74, 6) is -0.703. The molecule has 4 aromatic rings. The van der Waals surface area contributed by atoms with Crippen LogP contribution in [-0.2, 0) is 11.2 Å². The van der Waals surface area contributed by atoms with Crippen molar-refractivity contribution in [3.8, 4) is 17.3 Å². The number of hydrogen-bond acceptors (Lipinski definition) is 9. The Bertz CT molecular complexity index is 1720. The van der Waals surface area contributed by atoms with Gasteiger partial charge in [0, 0.05) is 57.5 Å². The molecule has 0 atom stereocenters. The van der Waals surface area contributed by atoms with Crippen LogP contribution in [0.1, 0.15) is 17.5 Å². The van der Waals surface area contributed by atoms with Gasteiger partial charge >= 0.3 is 0 Å². The molecule has 0 aliphatic carbocycles. The minimum Gasteiger partial charge on any atom is -0.389 e. The van der Waals surface area contributed by atoms with E-state index in [1.54, 1.807) is 29.4 Å². The number of piperazine rings is 1. The number of hydrogen-bond donors (Lipinski definition) is 1. The van der Waals surface area contributed by atoms with Crippen LogP contribution in [0.4, 0.5) is 25.3 Å². The number of anilines is 3.